The second-order valence-corrected chi connectivity index (χ2v) is 10.8. The third kappa shape index (κ3) is 5.15. The number of cyclic esters (lactones) is 2. The van der Waals surface area contributed by atoms with E-state index >= 15 is 0 Å². The number of hydrogen-bond acceptors (Lipinski definition) is 8. The molecule has 1 aromatic heterocycles. The maximum atomic E-state index is 12.2. The molecule has 0 spiro atoms. The zero-order valence-corrected chi connectivity index (χ0v) is 22.5. The van der Waals surface area contributed by atoms with Crippen molar-refractivity contribution in [2.45, 2.75) is 24.2 Å². The molecule has 4 aromatic rings. The predicted molar refractivity (Wildman–Crippen MR) is 146 cm³/mol. The molecule has 10 heteroatoms. The first kappa shape index (κ1) is 24.8. The van der Waals surface area contributed by atoms with Crippen LogP contribution in [0.25, 0.3) is 22.8 Å². The summed E-state index contributed by atoms with van der Waals surface area (Å²) in [4.78, 5) is 27.8. The lowest BCUT2D eigenvalue weighted by Gasteiger charge is -2.28. The Morgan fingerprint density at radius 3 is 2.22 bits per heavy atom. The van der Waals surface area contributed by atoms with Gasteiger partial charge in [0.05, 0.1) is 0 Å². The molecule has 1 saturated heterocycles. The van der Waals surface area contributed by atoms with Crippen LogP contribution in [-0.2, 0) is 25.6 Å². The number of aryl methyl sites for hydroxylation is 1. The molecule has 0 unspecified atom stereocenters. The Balaban J connectivity index is 1.36. The van der Waals surface area contributed by atoms with Crippen molar-refractivity contribution in [1.82, 2.24) is 15.0 Å². The molecule has 0 aliphatic carbocycles. The highest BCUT2D eigenvalue weighted by atomic mass is 127. The summed E-state index contributed by atoms with van der Waals surface area (Å²) in [5.41, 5.74) is 5.05. The van der Waals surface area contributed by atoms with Gasteiger partial charge >= 0.3 is 15.7 Å². The van der Waals surface area contributed by atoms with E-state index < -0.39 is 15.7 Å². The third-order valence-electron chi connectivity index (χ3n) is 5.86. The summed E-state index contributed by atoms with van der Waals surface area (Å²) in [6.45, 7) is 3.88. The van der Waals surface area contributed by atoms with E-state index in [-0.39, 0.29) is 11.3 Å². The molecular formula is C27H23IN4O5. The molecule has 9 nitrogen and oxygen atoms in total. The lowest BCUT2D eigenvalue weighted by molar-refractivity contribution is -0.194. The van der Waals surface area contributed by atoms with Crippen molar-refractivity contribution in [2.75, 3.05) is 11.9 Å². The Kier molecular flexibility index (Phi) is 6.36. The molecule has 1 N–H and O–H groups in total. The van der Waals surface area contributed by atoms with E-state index in [0.717, 1.165) is 27.8 Å². The monoisotopic (exact) mass is 610 g/mol. The molecule has 5 rings (SSSR count). The van der Waals surface area contributed by atoms with E-state index in [2.05, 4.69) is 10.2 Å². The largest absolute Gasteiger partial charge is 0.505 e. The van der Waals surface area contributed by atoms with Crippen LogP contribution in [0.5, 0.6) is 5.75 Å². The van der Waals surface area contributed by atoms with Gasteiger partial charge < -0.3 is 19.5 Å². The van der Waals surface area contributed by atoms with Crippen LogP contribution < -0.4 is 4.90 Å². The van der Waals surface area contributed by atoms with Crippen LogP contribution in [0.2, 0.25) is 0 Å². The van der Waals surface area contributed by atoms with Gasteiger partial charge in [0, 0.05) is 54.4 Å². The number of esters is 2. The van der Waals surface area contributed by atoms with Gasteiger partial charge in [-0.25, -0.2) is 9.59 Å². The molecule has 37 heavy (non-hydrogen) atoms. The van der Waals surface area contributed by atoms with Crippen molar-refractivity contribution < 1.29 is 24.2 Å². The lowest BCUT2D eigenvalue weighted by Crippen LogP contribution is -2.39. The fourth-order valence-corrected chi connectivity index (χ4v) is 4.48. The molecule has 1 aliphatic rings. The summed E-state index contributed by atoms with van der Waals surface area (Å²) in [5, 5.41) is 20.1. The van der Waals surface area contributed by atoms with Gasteiger partial charge in [-0.05, 0) is 54.5 Å². The second-order valence-electron chi connectivity index (χ2n) is 8.89. The molecule has 0 radical (unpaired) electrons. The first-order valence-electron chi connectivity index (χ1n) is 11.4. The number of ether oxygens (including phenoxy) is 2. The number of phenols is 1. The Morgan fingerprint density at radius 2 is 1.62 bits per heavy atom. The van der Waals surface area contributed by atoms with E-state index in [0.29, 0.717) is 17.8 Å². The fourth-order valence-electron chi connectivity index (χ4n) is 4.08. The van der Waals surface area contributed by atoms with E-state index in [1.54, 1.807) is 34.7 Å². The quantitative estimate of drug-likeness (QED) is 0.114. The summed E-state index contributed by atoms with van der Waals surface area (Å²) < 4.78 is 8.95. The van der Waals surface area contributed by atoms with Crippen LogP contribution >= 0.6 is 22.6 Å². The smallest absolute Gasteiger partial charge is 0.349 e. The van der Waals surface area contributed by atoms with Gasteiger partial charge in [0.1, 0.15) is 28.0 Å². The number of carbonyl (C=O) groups is 2. The summed E-state index contributed by atoms with van der Waals surface area (Å²) in [7, 11) is 1.91. The van der Waals surface area contributed by atoms with Crippen molar-refractivity contribution in [3.05, 3.63) is 82.9 Å². The Bertz CT molecular complexity index is 1500. The molecule has 2 heterocycles. The zero-order valence-electron chi connectivity index (χ0n) is 20.3. The van der Waals surface area contributed by atoms with Crippen LogP contribution in [0.4, 0.5) is 5.69 Å². The average Bonchev–Trinajstić information content (AvgIpc) is 3.27. The Hall–Kier alpha value is -3.93. The SMILES string of the molecule is Cc1cc(CN(C)c2ccc(C=C3C(=O)OC(C)(I)OC3=O)cc2)c(O)c(-n2nc3ccccc3n2)c1. The fraction of sp³-hybridized carbons (Fsp3) is 0.185. The van der Waals surface area contributed by atoms with Crippen molar-refractivity contribution in [1.29, 1.82) is 0 Å². The summed E-state index contributed by atoms with van der Waals surface area (Å²) in [5.74, 6) is -1.34. The predicted octanol–water partition coefficient (Wildman–Crippen LogP) is 4.66. The highest BCUT2D eigenvalue weighted by molar-refractivity contribution is 14.1. The number of halogens is 1. The van der Waals surface area contributed by atoms with Crippen molar-refractivity contribution >= 4 is 57.3 Å². The van der Waals surface area contributed by atoms with Crippen LogP contribution in [0.3, 0.4) is 0 Å². The van der Waals surface area contributed by atoms with E-state index in [1.807, 2.05) is 67.4 Å². The number of rotatable bonds is 5. The Morgan fingerprint density at radius 1 is 1.03 bits per heavy atom. The number of phenolic OH excluding ortho intramolecular Hbond substituents is 1. The van der Waals surface area contributed by atoms with Gasteiger partial charge in [0.25, 0.3) is 0 Å². The number of benzene rings is 3. The van der Waals surface area contributed by atoms with Crippen LogP contribution in [-0.4, -0.2) is 42.9 Å². The molecule has 1 fully saturated rings. The molecule has 188 valence electrons. The third-order valence-corrected chi connectivity index (χ3v) is 6.30. The Labute approximate surface area is 226 Å². The van der Waals surface area contributed by atoms with E-state index in [9.17, 15) is 14.7 Å². The second kappa shape index (κ2) is 9.51. The van der Waals surface area contributed by atoms with Gasteiger partial charge in [0.2, 0.25) is 0 Å². The number of anilines is 1. The number of nitrogens with zero attached hydrogens (tertiary/aromatic N) is 4. The topological polar surface area (TPSA) is 107 Å². The van der Waals surface area contributed by atoms with Crippen molar-refractivity contribution in [3.63, 3.8) is 0 Å². The van der Waals surface area contributed by atoms with Gasteiger partial charge in [-0.3, -0.25) is 0 Å². The number of alkyl halides is 1. The normalized spacial score (nSPS) is 17.5. The van der Waals surface area contributed by atoms with Crippen LogP contribution in [0.1, 0.15) is 23.6 Å². The molecule has 0 atom stereocenters. The minimum absolute atomic E-state index is 0.107. The number of fused-ring (bicyclic) bond motifs is 1. The lowest BCUT2D eigenvalue weighted by atomic mass is 10.1. The molecule has 0 bridgehead atoms. The number of carbonyl (C=O) groups excluding carboxylic acids is 2. The minimum Gasteiger partial charge on any atom is -0.505 e. The number of aromatic hydroxyl groups is 1. The van der Waals surface area contributed by atoms with Gasteiger partial charge in [0.15, 0.2) is 0 Å². The van der Waals surface area contributed by atoms with Crippen LogP contribution in [0, 0.1) is 6.92 Å². The summed E-state index contributed by atoms with van der Waals surface area (Å²) >= 11 is 1.75. The summed E-state index contributed by atoms with van der Waals surface area (Å²) in [6.07, 6.45) is 1.44. The number of hydrogen-bond donors (Lipinski definition) is 1. The minimum atomic E-state index is -1.31. The first-order chi connectivity index (χ1) is 17.6. The molecule has 0 saturated carbocycles. The van der Waals surface area contributed by atoms with Crippen molar-refractivity contribution in [2.24, 2.45) is 0 Å². The van der Waals surface area contributed by atoms with Crippen LogP contribution in [0.15, 0.2) is 66.2 Å². The maximum Gasteiger partial charge on any atom is 0.349 e. The van der Waals surface area contributed by atoms with E-state index in [4.69, 9.17) is 9.47 Å². The molecule has 3 aromatic carbocycles. The highest BCUT2D eigenvalue weighted by Gasteiger charge is 2.40. The van der Waals surface area contributed by atoms with E-state index in [1.165, 1.54) is 17.8 Å². The average molecular weight is 610 g/mol. The van der Waals surface area contributed by atoms with Crippen molar-refractivity contribution in [3.8, 4) is 11.4 Å². The number of aromatic nitrogens is 3. The maximum absolute atomic E-state index is 12.2. The molecule has 1 aliphatic heterocycles. The first-order valence-corrected chi connectivity index (χ1v) is 12.5. The standard InChI is InChI=1S/C27H23IN4O5/c1-16-12-18(24(33)23(13-16)32-29-21-6-4-5-7-22(21)30-32)15-31(3)19-10-8-17(9-11-19)14-20-25(34)36-27(2,28)37-26(20)35/h4-14,33H,15H2,1-3H3. The zero-order chi connectivity index (χ0) is 26.3. The summed E-state index contributed by atoms with van der Waals surface area (Å²) in [6, 6.07) is 18.6. The molecular weight excluding hydrogens is 587 g/mol. The highest BCUT2D eigenvalue weighted by Crippen LogP contribution is 2.32. The van der Waals surface area contributed by atoms with Gasteiger partial charge in [-0.2, -0.15) is 0 Å². The molecule has 0 amide bonds. The van der Waals surface area contributed by atoms with Gasteiger partial charge in [-0.15, -0.1) is 15.0 Å². The van der Waals surface area contributed by atoms with Gasteiger partial charge in [-0.1, -0.05) is 30.3 Å².